The third kappa shape index (κ3) is 3.24. The molecule has 0 bridgehead atoms. The first-order valence-corrected chi connectivity index (χ1v) is 8.29. The van der Waals surface area contributed by atoms with E-state index in [1.807, 2.05) is 25.1 Å². The van der Waals surface area contributed by atoms with Gasteiger partial charge in [0.05, 0.1) is 25.0 Å². The molecule has 3 atom stereocenters. The van der Waals surface area contributed by atoms with Crippen LogP contribution in [-0.4, -0.2) is 41.1 Å². The molecule has 0 aliphatic carbocycles. The number of carboxylic acids is 1. The van der Waals surface area contributed by atoms with E-state index in [4.69, 9.17) is 4.74 Å². The van der Waals surface area contributed by atoms with E-state index < -0.39 is 11.9 Å². The number of piperidine rings is 1. The molecular formula is C18H23NO4. The van der Waals surface area contributed by atoms with Crippen LogP contribution in [0.25, 0.3) is 0 Å². The lowest BCUT2D eigenvalue weighted by atomic mass is 9.89. The molecule has 2 aliphatic heterocycles. The number of rotatable bonds is 3. The second kappa shape index (κ2) is 6.71. The van der Waals surface area contributed by atoms with Crippen molar-refractivity contribution in [2.75, 3.05) is 13.2 Å². The molecule has 23 heavy (non-hydrogen) atoms. The van der Waals surface area contributed by atoms with E-state index in [1.165, 1.54) is 5.56 Å². The van der Waals surface area contributed by atoms with Gasteiger partial charge in [-0.15, -0.1) is 0 Å². The van der Waals surface area contributed by atoms with Crippen molar-refractivity contribution in [3.63, 3.8) is 0 Å². The Hall–Kier alpha value is -1.88. The van der Waals surface area contributed by atoms with Gasteiger partial charge in [-0.25, -0.2) is 0 Å². The minimum atomic E-state index is -0.811. The molecule has 1 N–H and O–H groups in total. The fourth-order valence-electron chi connectivity index (χ4n) is 3.75. The van der Waals surface area contributed by atoms with Gasteiger partial charge in [-0.05, 0) is 37.3 Å². The zero-order valence-corrected chi connectivity index (χ0v) is 13.4. The smallest absolute Gasteiger partial charge is 0.308 e. The molecule has 1 unspecified atom stereocenters. The zero-order valence-electron chi connectivity index (χ0n) is 13.4. The fraction of sp³-hybridized carbons (Fsp3) is 0.556. The Morgan fingerprint density at radius 3 is 2.91 bits per heavy atom. The summed E-state index contributed by atoms with van der Waals surface area (Å²) in [5.41, 5.74) is 2.33. The number of benzene rings is 1. The van der Waals surface area contributed by atoms with Crippen molar-refractivity contribution in [2.24, 2.45) is 5.92 Å². The van der Waals surface area contributed by atoms with Gasteiger partial charge in [0, 0.05) is 12.6 Å². The predicted molar refractivity (Wildman–Crippen MR) is 85.0 cm³/mol. The second-order valence-corrected chi connectivity index (χ2v) is 6.43. The normalized spacial score (nSPS) is 27.3. The van der Waals surface area contributed by atoms with Crippen molar-refractivity contribution >= 4 is 11.9 Å². The zero-order chi connectivity index (χ0) is 16.4. The highest BCUT2D eigenvalue weighted by Crippen LogP contribution is 2.32. The molecule has 1 fully saturated rings. The molecule has 1 saturated heterocycles. The van der Waals surface area contributed by atoms with Crippen LogP contribution in [0.5, 0.6) is 0 Å². The Morgan fingerprint density at radius 2 is 2.13 bits per heavy atom. The summed E-state index contributed by atoms with van der Waals surface area (Å²) in [4.78, 5) is 25.8. The largest absolute Gasteiger partial charge is 0.481 e. The summed E-state index contributed by atoms with van der Waals surface area (Å²) in [5.74, 6) is -1.29. The number of hydrogen-bond donors (Lipinski definition) is 1. The summed E-state index contributed by atoms with van der Waals surface area (Å²) in [7, 11) is 0. The molecule has 0 aromatic heterocycles. The van der Waals surface area contributed by atoms with Gasteiger partial charge in [0.1, 0.15) is 0 Å². The van der Waals surface area contributed by atoms with Crippen molar-refractivity contribution in [1.82, 2.24) is 4.90 Å². The highest BCUT2D eigenvalue weighted by Gasteiger charge is 2.36. The lowest BCUT2D eigenvalue weighted by molar-refractivity contribution is -0.150. The van der Waals surface area contributed by atoms with E-state index in [0.29, 0.717) is 19.6 Å². The summed E-state index contributed by atoms with van der Waals surface area (Å²) < 4.78 is 5.81. The molecule has 1 aromatic rings. The first-order valence-electron chi connectivity index (χ1n) is 8.29. The molecule has 0 spiro atoms. The van der Waals surface area contributed by atoms with Crippen LogP contribution < -0.4 is 0 Å². The number of likely N-dealkylation sites (tertiary alicyclic amines) is 1. The molecular weight excluding hydrogens is 294 g/mol. The number of hydrogen-bond acceptors (Lipinski definition) is 3. The van der Waals surface area contributed by atoms with Crippen LogP contribution in [0, 0.1) is 5.92 Å². The standard InChI is InChI=1S/C18H23NO4/c1-12-14(18(21)22)7-4-9-19(12)17(20)11-16-15-6-3-2-5-13(15)8-10-23-16/h2-3,5-6,12,14,16H,4,7-11H2,1H3,(H,21,22)/t12-,14-,16?/m1/s1. The highest BCUT2D eigenvalue weighted by atomic mass is 16.5. The Labute approximate surface area is 136 Å². The van der Waals surface area contributed by atoms with E-state index >= 15 is 0 Å². The molecule has 2 aliphatic rings. The number of amides is 1. The minimum Gasteiger partial charge on any atom is -0.481 e. The van der Waals surface area contributed by atoms with Gasteiger partial charge in [0.2, 0.25) is 5.91 Å². The van der Waals surface area contributed by atoms with Gasteiger partial charge in [-0.2, -0.15) is 0 Å². The Bertz CT molecular complexity index is 600. The Kier molecular flexibility index (Phi) is 4.66. The summed E-state index contributed by atoms with van der Waals surface area (Å²) in [5, 5.41) is 9.30. The number of fused-ring (bicyclic) bond motifs is 1. The minimum absolute atomic E-state index is 0.00912. The van der Waals surface area contributed by atoms with Gasteiger partial charge in [0.25, 0.3) is 0 Å². The monoisotopic (exact) mass is 317 g/mol. The average molecular weight is 317 g/mol. The molecule has 1 amide bonds. The summed E-state index contributed by atoms with van der Waals surface area (Å²) in [6.07, 6.45) is 2.33. The average Bonchev–Trinajstić information content (AvgIpc) is 2.55. The second-order valence-electron chi connectivity index (χ2n) is 6.43. The third-order valence-corrected chi connectivity index (χ3v) is 5.08. The predicted octanol–water partition coefficient (Wildman–Crippen LogP) is 2.40. The van der Waals surface area contributed by atoms with E-state index in [-0.39, 0.29) is 24.5 Å². The lowest BCUT2D eigenvalue weighted by Crippen LogP contribution is -2.49. The SMILES string of the molecule is C[C@@H]1[C@H](C(=O)O)CCCN1C(=O)CC1OCCc2ccccc21. The van der Waals surface area contributed by atoms with Gasteiger partial charge < -0.3 is 14.7 Å². The highest BCUT2D eigenvalue weighted by molar-refractivity contribution is 5.79. The molecule has 0 radical (unpaired) electrons. The van der Waals surface area contributed by atoms with Gasteiger partial charge in [-0.3, -0.25) is 9.59 Å². The summed E-state index contributed by atoms with van der Waals surface area (Å²) in [6.45, 7) is 3.10. The lowest BCUT2D eigenvalue weighted by Gasteiger charge is -2.38. The van der Waals surface area contributed by atoms with E-state index in [9.17, 15) is 14.7 Å². The quantitative estimate of drug-likeness (QED) is 0.929. The maximum absolute atomic E-state index is 12.7. The fourth-order valence-corrected chi connectivity index (χ4v) is 3.75. The van der Waals surface area contributed by atoms with Crippen molar-refractivity contribution in [1.29, 1.82) is 0 Å². The van der Waals surface area contributed by atoms with Crippen molar-refractivity contribution < 1.29 is 19.4 Å². The third-order valence-electron chi connectivity index (χ3n) is 5.08. The van der Waals surface area contributed by atoms with Crippen LogP contribution in [-0.2, 0) is 20.7 Å². The van der Waals surface area contributed by atoms with E-state index in [1.54, 1.807) is 4.90 Å². The Balaban J connectivity index is 1.71. The van der Waals surface area contributed by atoms with Crippen LogP contribution in [0.1, 0.15) is 43.4 Å². The molecule has 5 nitrogen and oxygen atoms in total. The van der Waals surface area contributed by atoms with Crippen LogP contribution >= 0.6 is 0 Å². The number of carbonyl (C=O) groups excluding carboxylic acids is 1. The molecule has 2 heterocycles. The number of carbonyl (C=O) groups is 2. The number of carboxylic acid groups (broad SMARTS) is 1. The molecule has 5 heteroatoms. The van der Waals surface area contributed by atoms with Gasteiger partial charge >= 0.3 is 5.97 Å². The van der Waals surface area contributed by atoms with Gasteiger partial charge in [0.15, 0.2) is 0 Å². The first-order chi connectivity index (χ1) is 11.1. The van der Waals surface area contributed by atoms with E-state index in [0.717, 1.165) is 18.4 Å². The van der Waals surface area contributed by atoms with Crippen molar-refractivity contribution in [3.8, 4) is 0 Å². The molecule has 0 saturated carbocycles. The first kappa shape index (κ1) is 16.0. The molecule has 3 rings (SSSR count). The van der Waals surface area contributed by atoms with Crippen LogP contribution in [0.2, 0.25) is 0 Å². The van der Waals surface area contributed by atoms with Crippen molar-refractivity contribution in [2.45, 2.75) is 44.8 Å². The van der Waals surface area contributed by atoms with Crippen LogP contribution in [0.15, 0.2) is 24.3 Å². The molecule has 124 valence electrons. The number of ether oxygens (including phenoxy) is 1. The van der Waals surface area contributed by atoms with Crippen LogP contribution in [0.3, 0.4) is 0 Å². The maximum atomic E-state index is 12.7. The van der Waals surface area contributed by atoms with Gasteiger partial charge in [-0.1, -0.05) is 24.3 Å². The van der Waals surface area contributed by atoms with E-state index in [2.05, 4.69) is 6.07 Å². The summed E-state index contributed by atoms with van der Waals surface area (Å²) in [6, 6.07) is 7.82. The molecule has 1 aromatic carbocycles. The van der Waals surface area contributed by atoms with Crippen LogP contribution in [0.4, 0.5) is 0 Å². The maximum Gasteiger partial charge on any atom is 0.308 e. The number of nitrogens with zero attached hydrogens (tertiary/aromatic N) is 1. The topological polar surface area (TPSA) is 66.8 Å². The van der Waals surface area contributed by atoms with Crippen molar-refractivity contribution in [3.05, 3.63) is 35.4 Å². The Morgan fingerprint density at radius 1 is 1.35 bits per heavy atom. The summed E-state index contributed by atoms with van der Waals surface area (Å²) >= 11 is 0. The number of aliphatic carboxylic acids is 1.